The Bertz CT molecular complexity index is 1240. The minimum Gasteiger partial charge on any atom is -0.342 e. The molecule has 11 heteroatoms. The average molecular weight is 516 g/mol. The Hall–Kier alpha value is -4.12. The number of rotatable bonds is 8. The van der Waals surface area contributed by atoms with Crippen LogP contribution in [-0.2, 0) is 11.2 Å². The number of amides is 2. The molecular weight excluding hydrogens is 482 g/mol. The van der Waals surface area contributed by atoms with Crippen LogP contribution in [0.1, 0.15) is 35.9 Å². The van der Waals surface area contributed by atoms with Crippen LogP contribution >= 0.6 is 0 Å². The Morgan fingerprint density at radius 2 is 1.66 bits per heavy atom. The van der Waals surface area contributed by atoms with Crippen molar-refractivity contribution in [2.75, 3.05) is 61.3 Å². The molecule has 0 spiro atoms. The number of aryl methyl sites for hydroxylation is 1. The molecule has 0 unspecified atom stereocenters. The zero-order valence-corrected chi connectivity index (χ0v) is 21.6. The van der Waals surface area contributed by atoms with Crippen LogP contribution < -0.4 is 15.5 Å². The quantitative estimate of drug-likeness (QED) is 0.466. The normalized spacial score (nSPS) is 15.9. The molecule has 1 aromatic carbocycles. The van der Waals surface area contributed by atoms with Gasteiger partial charge in [-0.1, -0.05) is 25.1 Å². The van der Waals surface area contributed by atoms with Gasteiger partial charge in [0.2, 0.25) is 17.8 Å². The van der Waals surface area contributed by atoms with Gasteiger partial charge in [0.15, 0.2) is 0 Å². The number of pyridine rings is 1. The number of likely N-dealkylation sites (tertiary alicyclic amines) is 1. The second-order valence-electron chi connectivity index (χ2n) is 9.46. The van der Waals surface area contributed by atoms with E-state index in [1.807, 2.05) is 42.2 Å². The number of para-hydroxylation sites is 1. The van der Waals surface area contributed by atoms with Gasteiger partial charge in [0, 0.05) is 57.6 Å². The van der Waals surface area contributed by atoms with Crippen LogP contribution in [0.25, 0.3) is 0 Å². The highest BCUT2D eigenvalue weighted by molar-refractivity contribution is 6.04. The summed E-state index contributed by atoms with van der Waals surface area (Å²) in [5.41, 5.74) is 1.18. The van der Waals surface area contributed by atoms with Crippen LogP contribution in [0.3, 0.4) is 0 Å². The molecule has 0 atom stereocenters. The first-order chi connectivity index (χ1) is 18.6. The number of carbonyl (C=O) groups excluding carboxylic acids is 2. The molecule has 0 aliphatic carbocycles. The van der Waals surface area contributed by atoms with Crippen molar-refractivity contribution in [3.05, 3.63) is 60.0 Å². The number of anilines is 4. The molecule has 2 amide bonds. The number of hydrogen-bond acceptors (Lipinski definition) is 9. The fourth-order valence-electron chi connectivity index (χ4n) is 4.57. The van der Waals surface area contributed by atoms with Gasteiger partial charge in [0.1, 0.15) is 11.6 Å². The maximum Gasteiger partial charge on any atom is 0.257 e. The van der Waals surface area contributed by atoms with Crippen molar-refractivity contribution >= 4 is 35.2 Å². The van der Waals surface area contributed by atoms with Crippen molar-refractivity contribution in [2.45, 2.75) is 26.2 Å². The molecule has 2 N–H and O–H groups in total. The summed E-state index contributed by atoms with van der Waals surface area (Å²) in [6, 6.07) is 12.7. The molecular formula is C27H33N9O2. The Labute approximate surface area is 222 Å². The highest BCUT2D eigenvalue weighted by Gasteiger charge is 2.25. The van der Waals surface area contributed by atoms with Crippen LogP contribution in [0.5, 0.6) is 0 Å². The second-order valence-corrected chi connectivity index (χ2v) is 9.46. The van der Waals surface area contributed by atoms with Gasteiger partial charge in [-0.2, -0.15) is 15.0 Å². The van der Waals surface area contributed by atoms with Crippen molar-refractivity contribution < 1.29 is 9.59 Å². The molecule has 198 valence electrons. The summed E-state index contributed by atoms with van der Waals surface area (Å²) in [6.45, 7) is 7.29. The van der Waals surface area contributed by atoms with Gasteiger partial charge in [-0.15, -0.1) is 0 Å². The van der Waals surface area contributed by atoms with Crippen molar-refractivity contribution in [3.63, 3.8) is 0 Å². The monoisotopic (exact) mass is 515 g/mol. The van der Waals surface area contributed by atoms with Crippen LogP contribution in [-0.4, -0.2) is 87.4 Å². The van der Waals surface area contributed by atoms with Crippen LogP contribution in [0.2, 0.25) is 0 Å². The highest BCUT2D eigenvalue weighted by atomic mass is 16.2. The lowest BCUT2D eigenvalue weighted by atomic mass is 10.2. The molecule has 38 heavy (non-hydrogen) atoms. The third-order valence-electron chi connectivity index (χ3n) is 6.76. The van der Waals surface area contributed by atoms with E-state index in [9.17, 15) is 9.59 Å². The molecule has 2 saturated heterocycles. The molecule has 11 nitrogen and oxygen atoms in total. The van der Waals surface area contributed by atoms with E-state index >= 15 is 0 Å². The summed E-state index contributed by atoms with van der Waals surface area (Å²) >= 11 is 0. The lowest BCUT2D eigenvalue weighted by Crippen LogP contribution is -2.50. The molecule has 0 saturated carbocycles. The van der Waals surface area contributed by atoms with Crippen LogP contribution in [0, 0.1) is 0 Å². The number of benzene rings is 1. The van der Waals surface area contributed by atoms with Crippen LogP contribution in [0.15, 0.2) is 48.7 Å². The summed E-state index contributed by atoms with van der Waals surface area (Å²) in [5, 5.41) is 6.00. The lowest BCUT2D eigenvalue weighted by molar-refractivity contribution is -0.131. The van der Waals surface area contributed by atoms with E-state index in [-0.39, 0.29) is 11.8 Å². The summed E-state index contributed by atoms with van der Waals surface area (Å²) in [6.07, 6.45) is 4.41. The van der Waals surface area contributed by atoms with E-state index in [1.54, 1.807) is 12.1 Å². The van der Waals surface area contributed by atoms with Gasteiger partial charge >= 0.3 is 0 Å². The molecule has 3 aromatic rings. The Morgan fingerprint density at radius 3 is 2.34 bits per heavy atom. The van der Waals surface area contributed by atoms with E-state index in [2.05, 4.69) is 40.4 Å². The molecule has 0 bridgehead atoms. The lowest BCUT2D eigenvalue weighted by Gasteiger charge is -2.35. The number of piperazine rings is 1. The number of carbonyl (C=O) groups is 2. The zero-order valence-electron chi connectivity index (χ0n) is 21.6. The van der Waals surface area contributed by atoms with Gasteiger partial charge in [0.25, 0.3) is 5.91 Å². The number of nitrogens with zero attached hydrogens (tertiary/aromatic N) is 7. The van der Waals surface area contributed by atoms with Crippen molar-refractivity contribution in [1.29, 1.82) is 0 Å². The third kappa shape index (κ3) is 6.41. The van der Waals surface area contributed by atoms with Gasteiger partial charge < -0.3 is 20.4 Å². The largest absolute Gasteiger partial charge is 0.342 e. The standard InChI is InChI=1S/C27H33N9O2/c1-2-22-30-26(31-23-11-10-20(18-28-23)25(38)29-21-8-4-3-5-9-21)33-27(32-22)36-16-14-34(15-17-36)19-24(37)35-12-6-7-13-35/h3-5,8-11,18H,2,6-7,12-17,19H2,1H3,(H,29,38)(H,28,30,31,32,33). The third-order valence-corrected chi connectivity index (χ3v) is 6.76. The van der Waals surface area contributed by atoms with Crippen LogP contribution in [0.4, 0.5) is 23.4 Å². The van der Waals surface area contributed by atoms with Crippen molar-refractivity contribution in [3.8, 4) is 0 Å². The van der Waals surface area contributed by atoms with Crippen molar-refractivity contribution in [2.24, 2.45) is 0 Å². The first kappa shape index (κ1) is 25.5. The number of hydrogen-bond donors (Lipinski definition) is 2. The molecule has 2 aromatic heterocycles. The first-order valence-corrected chi connectivity index (χ1v) is 13.2. The maximum atomic E-state index is 12.5. The molecule has 4 heterocycles. The summed E-state index contributed by atoms with van der Waals surface area (Å²) in [7, 11) is 0. The second kappa shape index (κ2) is 12.0. The molecule has 2 aliphatic rings. The first-order valence-electron chi connectivity index (χ1n) is 13.2. The minimum absolute atomic E-state index is 0.229. The van der Waals surface area contributed by atoms with Gasteiger partial charge in [-0.3, -0.25) is 14.5 Å². The fourth-order valence-corrected chi connectivity index (χ4v) is 4.57. The molecule has 0 radical (unpaired) electrons. The van der Waals surface area contributed by atoms with Gasteiger partial charge in [-0.25, -0.2) is 4.98 Å². The van der Waals surface area contributed by atoms with E-state index in [1.165, 1.54) is 6.20 Å². The highest BCUT2D eigenvalue weighted by Crippen LogP contribution is 2.18. The van der Waals surface area contributed by atoms with Gasteiger partial charge in [-0.05, 0) is 37.1 Å². The Balaban J connectivity index is 1.19. The van der Waals surface area contributed by atoms with E-state index in [4.69, 9.17) is 0 Å². The summed E-state index contributed by atoms with van der Waals surface area (Å²) in [5.74, 6) is 2.24. The van der Waals surface area contributed by atoms with E-state index in [0.29, 0.717) is 42.1 Å². The van der Waals surface area contributed by atoms with Gasteiger partial charge in [0.05, 0.1) is 12.1 Å². The summed E-state index contributed by atoms with van der Waals surface area (Å²) < 4.78 is 0. The number of aromatic nitrogens is 4. The number of nitrogens with one attached hydrogen (secondary N) is 2. The Kier molecular flexibility index (Phi) is 8.03. The predicted molar refractivity (Wildman–Crippen MR) is 146 cm³/mol. The van der Waals surface area contributed by atoms with E-state index in [0.717, 1.165) is 57.8 Å². The Morgan fingerprint density at radius 1 is 0.895 bits per heavy atom. The average Bonchev–Trinajstić information content (AvgIpc) is 3.50. The topological polar surface area (TPSA) is 119 Å². The van der Waals surface area contributed by atoms with Crippen molar-refractivity contribution in [1.82, 2.24) is 29.7 Å². The zero-order chi connectivity index (χ0) is 26.3. The molecule has 2 fully saturated rings. The smallest absolute Gasteiger partial charge is 0.257 e. The van der Waals surface area contributed by atoms with E-state index < -0.39 is 0 Å². The SMILES string of the molecule is CCc1nc(Nc2ccc(C(=O)Nc3ccccc3)cn2)nc(N2CCN(CC(=O)N3CCCC3)CC2)n1. The summed E-state index contributed by atoms with van der Waals surface area (Å²) in [4.78, 5) is 49.5. The fraction of sp³-hybridized carbons (Fsp3) is 0.407. The minimum atomic E-state index is -0.229. The predicted octanol–water partition coefficient (Wildman–Crippen LogP) is 2.57. The molecule has 2 aliphatic heterocycles. The molecule has 5 rings (SSSR count). The maximum absolute atomic E-state index is 12.5.